The van der Waals surface area contributed by atoms with Crippen molar-refractivity contribution in [3.8, 4) is 11.8 Å². The van der Waals surface area contributed by atoms with E-state index in [-0.39, 0.29) is 12.0 Å². The number of piperidine rings is 1. The minimum absolute atomic E-state index is 0.0401. The van der Waals surface area contributed by atoms with Crippen LogP contribution in [0.25, 0.3) is 10.9 Å². The first-order chi connectivity index (χ1) is 16.9. The molecular formula is C26H25N5O4. The average molecular weight is 472 g/mol. The number of pyridine rings is 1. The second-order valence-corrected chi connectivity index (χ2v) is 8.28. The predicted octanol–water partition coefficient (Wildman–Crippen LogP) is 4.80. The third kappa shape index (κ3) is 5.33. The second-order valence-electron chi connectivity index (χ2n) is 8.28. The summed E-state index contributed by atoms with van der Waals surface area (Å²) >= 11 is 0. The lowest BCUT2D eigenvalue weighted by molar-refractivity contribution is -0.111. The highest BCUT2D eigenvalue weighted by atomic mass is 16.5. The maximum absolute atomic E-state index is 11.7. The fraction of sp³-hybridized carbons (Fsp3) is 0.231. The molecule has 1 aliphatic rings. The molecule has 9 nitrogen and oxygen atoms in total. The van der Waals surface area contributed by atoms with Crippen LogP contribution in [0.3, 0.4) is 0 Å². The fourth-order valence-electron chi connectivity index (χ4n) is 4.03. The minimum atomic E-state index is -0.898. The molecule has 3 aromatic rings. The topological polar surface area (TPSA) is 128 Å². The van der Waals surface area contributed by atoms with E-state index in [2.05, 4.69) is 28.3 Å². The fourth-order valence-corrected chi connectivity index (χ4v) is 4.03. The Morgan fingerprint density at radius 1 is 1.23 bits per heavy atom. The van der Waals surface area contributed by atoms with E-state index in [9.17, 15) is 14.9 Å². The van der Waals surface area contributed by atoms with Gasteiger partial charge >= 0.3 is 6.09 Å². The zero-order chi connectivity index (χ0) is 24.9. The standard InChI is InChI=1S/C26H25N5O4/c1-3-24(32)29-19-4-6-22-21(13-19)25(17(14-27)15-28-22)30-18-5-7-23(16(2)12-18)35-20-8-10-31(11-9-20)26(33)34/h3-7,12-13,15,20H,1,8-11H2,2H3,(H,28,30)(H,29,32)(H,33,34). The van der Waals surface area contributed by atoms with Gasteiger partial charge in [0.05, 0.1) is 16.8 Å². The van der Waals surface area contributed by atoms with Crippen LogP contribution in [0.4, 0.5) is 21.9 Å². The Balaban J connectivity index is 1.56. The lowest BCUT2D eigenvalue weighted by atomic mass is 10.1. The van der Waals surface area contributed by atoms with E-state index in [1.807, 2.05) is 25.1 Å². The smallest absolute Gasteiger partial charge is 0.407 e. The number of benzene rings is 2. The van der Waals surface area contributed by atoms with E-state index in [0.29, 0.717) is 53.8 Å². The zero-order valence-corrected chi connectivity index (χ0v) is 19.2. The molecule has 4 rings (SSSR count). The number of anilines is 3. The number of carbonyl (C=O) groups excluding carboxylic acids is 1. The molecule has 0 spiro atoms. The van der Waals surface area contributed by atoms with E-state index in [4.69, 9.17) is 9.84 Å². The molecule has 2 aromatic carbocycles. The molecule has 1 saturated heterocycles. The number of nitrogens with zero attached hydrogens (tertiary/aromatic N) is 3. The molecule has 0 saturated carbocycles. The largest absolute Gasteiger partial charge is 0.490 e. The number of nitrogens with one attached hydrogen (secondary N) is 2. The number of hydrogen-bond acceptors (Lipinski definition) is 6. The van der Waals surface area contributed by atoms with Gasteiger partial charge in [-0.3, -0.25) is 9.78 Å². The quantitative estimate of drug-likeness (QED) is 0.440. The highest BCUT2D eigenvalue weighted by molar-refractivity contribution is 6.02. The zero-order valence-electron chi connectivity index (χ0n) is 19.2. The number of carbonyl (C=O) groups is 2. The van der Waals surface area contributed by atoms with Gasteiger partial charge in [0.1, 0.15) is 17.9 Å². The van der Waals surface area contributed by atoms with Crippen molar-refractivity contribution in [3.63, 3.8) is 0 Å². The first kappa shape index (κ1) is 23.6. The van der Waals surface area contributed by atoms with E-state index in [1.54, 1.807) is 18.2 Å². The van der Waals surface area contributed by atoms with Crippen molar-refractivity contribution in [2.75, 3.05) is 23.7 Å². The van der Waals surface area contributed by atoms with Crippen LogP contribution in [-0.2, 0) is 4.79 Å². The number of hydrogen-bond donors (Lipinski definition) is 3. The van der Waals surface area contributed by atoms with Crippen LogP contribution in [0.15, 0.2) is 55.3 Å². The van der Waals surface area contributed by atoms with Gasteiger partial charge in [0.15, 0.2) is 0 Å². The summed E-state index contributed by atoms with van der Waals surface area (Å²) in [6.07, 6.45) is 3.05. The highest BCUT2D eigenvalue weighted by Crippen LogP contribution is 2.33. The Bertz CT molecular complexity index is 1340. The van der Waals surface area contributed by atoms with Crippen LogP contribution in [0.5, 0.6) is 5.75 Å². The molecule has 178 valence electrons. The molecule has 1 fully saturated rings. The maximum Gasteiger partial charge on any atom is 0.407 e. The summed E-state index contributed by atoms with van der Waals surface area (Å²) in [4.78, 5) is 28.6. The van der Waals surface area contributed by atoms with Crippen molar-refractivity contribution >= 4 is 40.0 Å². The molecule has 3 N–H and O–H groups in total. The Morgan fingerprint density at radius 3 is 2.63 bits per heavy atom. The second kappa shape index (κ2) is 10.1. The monoisotopic (exact) mass is 471 g/mol. The maximum atomic E-state index is 11.7. The molecular weight excluding hydrogens is 446 g/mol. The van der Waals surface area contributed by atoms with E-state index in [1.165, 1.54) is 17.2 Å². The Labute approximate surface area is 202 Å². The number of carboxylic acid groups (broad SMARTS) is 1. The van der Waals surface area contributed by atoms with Crippen molar-refractivity contribution in [2.24, 2.45) is 0 Å². The number of amides is 2. The van der Waals surface area contributed by atoms with Crippen LogP contribution in [0.2, 0.25) is 0 Å². The van der Waals surface area contributed by atoms with Crippen molar-refractivity contribution in [1.29, 1.82) is 5.26 Å². The summed E-state index contributed by atoms with van der Waals surface area (Å²) in [7, 11) is 0. The predicted molar refractivity (Wildman–Crippen MR) is 133 cm³/mol. The lowest BCUT2D eigenvalue weighted by Crippen LogP contribution is -2.41. The SMILES string of the molecule is C=CC(=O)Nc1ccc2ncc(C#N)c(Nc3ccc(OC4CCN(C(=O)O)CC4)c(C)c3)c2c1. The average Bonchev–Trinajstić information content (AvgIpc) is 2.86. The molecule has 2 amide bonds. The first-order valence-electron chi connectivity index (χ1n) is 11.2. The molecule has 0 aliphatic carbocycles. The van der Waals surface area contributed by atoms with Crippen molar-refractivity contribution < 1.29 is 19.4 Å². The first-order valence-corrected chi connectivity index (χ1v) is 11.2. The number of nitriles is 1. The Hall–Kier alpha value is -4.58. The van der Waals surface area contributed by atoms with Gasteiger partial charge in [-0.25, -0.2) is 4.79 Å². The van der Waals surface area contributed by atoms with Gasteiger partial charge in [-0.2, -0.15) is 5.26 Å². The van der Waals surface area contributed by atoms with Gasteiger partial charge in [0.25, 0.3) is 0 Å². The van der Waals surface area contributed by atoms with Crippen LogP contribution in [0, 0.1) is 18.3 Å². The summed E-state index contributed by atoms with van der Waals surface area (Å²) in [6, 6.07) is 13.1. The Morgan fingerprint density at radius 2 is 1.97 bits per heavy atom. The number of aryl methyl sites for hydroxylation is 1. The summed E-state index contributed by atoms with van der Waals surface area (Å²) in [5.41, 5.74) is 3.87. The molecule has 2 heterocycles. The van der Waals surface area contributed by atoms with Crippen molar-refractivity contribution in [3.05, 3.63) is 66.4 Å². The van der Waals surface area contributed by atoms with Crippen LogP contribution in [0.1, 0.15) is 24.0 Å². The van der Waals surface area contributed by atoms with E-state index in [0.717, 1.165) is 17.0 Å². The molecule has 35 heavy (non-hydrogen) atoms. The van der Waals surface area contributed by atoms with Crippen LogP contribution < -0.4 is 15.4 Å². The minimum Gasteiger partial charge on any atom is -0.490 e. The van der Waals surface area contributed by atoms with Gasteiger partial charge in [0, 0.05) is 48.9 Å². The summed E-state index contributed by atoms with van der Waals surface area (Å²) in [5, 5.41) is 25.5. The van der Waals surface area contributed by atoms with Gasteiger partial charge < -0.3 is 25.4 Å². The van der Waals surface area contributed by atoms with E-state index < -0.39 is 6.09 Å². The third-order valence-corrected chi connectivity index (χ3v) is 5.89. The lowest BCUT2D eigenvalue weighted by Gasteiger charge is -2.30. The van der Waals surface area contributed by atoms with E-state index >= 15 is 0 Å². The molecule has 1 aliphatic heterocycles. The van der Waals surface area contributed by atoms with Gasteiger partial charge in [-0.05, 0) is 55.0 Å². The third-order valence-electron chi connectivity index (χ3n) is 5.89. The molecule has 0 radical (unpaired) electrons. The molecule has 9 heteroatoms. The number of likely N-dealkylation sites (tertiary alicyclic amines) is 1. The number of rotatable bonds is 6. The molecule has 1 aromatic heterocycles. The van der Waals surface area contributed by atoms with Crippen LogP contribution >= 0.6 is 0 Å². The number of aromatic nitrogens is 1. The normalized spacial score (nSPS) is 13.7. The summed E-state index contributed by atoms with van der Waals surface area (Å²) in [6.45, 7) is 6.32. The number of fused-ring (bicyclic) bond motifs is 1. The summed E-state index contributed by atoms with van der Waals surface area (Å²) < 4.78 is 6.14. The summed E-state index contributed by atoms with van der Waals surface area (Å²) in [5.74, 6) is 0.405. The van der Waals surface area contributed by atoms with Crippen molar-refractivity contribution in [1.82, 2.24) is 9.88 Å². The molecule has 0 unspecified atom stereocenters. The molecule has 0 bridgehead atoms. The van der Waals surface area contributed by atoms with Crippen LogP contribution in [-0.4, -0.2) is 46.2 Å². The van der Waals surface area contributed by atoms with Gasteiger partial charge in [0.2, 0.25) is 5.91 Å². The van der Waals surface area contributed by atoms with Gasteiger partial charge in [-0.1, -0.05) is 6.58 Å². The molecule has 0 atom stereocenters. The van der Waals surface area contributed by atoms with Crippen molar-refractivity contribution in [2.45, 2.75) is 25.9 Å². The van der Waals surface area contributed by atoms with Gasteiger partial charge in [-0.15, -0.1) is 0 Å². The highest BCUT2D eigenvalue weighted by Gasteiger charge is 2.24. The number of ether oxygens (including phenoxy) is 1. The Kier molecular flexibility index (Phi) is 6.83.